The van der Waals surface area contributed by atoms with Crippen LogP contribution in [0.4, 0.5) is 5.82 Å². The topological polar surface area (TPSA) is 48.0 Å². The van der Waals surface area contributed by atoms with Crippen molar-refractivity contribution in [3.8, 4) is 11.1 Å². The Hall–Kier alpha value is -1.45. The van der Waals surface area contributed by atoms with Gasteiger partial charge in [0.15, 0.2) is 0 Å². The van der Waals surface area contributed by atoms with Gasteiger partial charge in [0, 0.05) is 28.7 Å². The highest BCUT2D eigenvalue weighted by Gasteiger charge is 2.07. The molecule has 0 unspecified atom stereocenters. The molecule has 0 radical (unpaired) electrons. The highest BCUT2D eigenvalue weighted by Crippen LogP contribution is 2.30. The fourth-order valence-electron chi connectivity index (χ4n) is 1.53. The third-order valence-electron chi connectivity index (χ3n) is 2.54. The first-order valence-corrected chi connectivity index (χ1v) is 5.66. The molecule has 2 N–H and O–H groups in total. The van der Waals surface area contributed by atoms with Gasteiger partial charge in [-0.25, -0.2) is 0 Å². The smallest absolute Gasteiger partial charge is 0.252 e. The molecule has 2 rings (SSSR count). The molecule has 0 aliphatic rings. The highest BCUT2D eigenvalue weighted by atomic mass is 35.5. The number of aromatic nitrogens is 1. The van der Waals surface area contributed by atoms with Gasteiger partial charge in [-0.3, -0.25) is 9.36 Å². The molecular weight excluding hydrogens is 259 g/mol. The third-order valence-corrected chi connectivity index (χ3v) is 3.09. The largest absolute Gasteiger partial charge is 0.385 e. The summed E-state index contributed by atoms with van der Waals surface area (Å²) in [4.78, 5) is 11.6. The number of nitrogen functional groups attached to an aromatic ring is 1. The normalized spacial score (nSPS) is 10.5. The zero-order valence-corrected chi connectivity index (χ0v) is 10.6. The van der Waals surface area contributed by atoms with Crippen LogP contribution < -0.4 is 11.3 Å². The van der Waals surface area contributed by atoms with E-state index in [4.69, 9.17) is 28.9 Å². The van der Waals surface area contributed by atoms with E-state index < -0.39 is 0 Å². The summed E-state index contributed by atoms with van der Waals surface area (Å²) in [6, 6.07) is 8.31. The van der Waals surface area contributed by atoms with Crippen LogP contribution in [-0.2, 0) is 7.05 Å². The molecule has 17 heavy (non-hydrogen) atoms. The molecule has 0 bridgehead atoms. The van der Waals surface area contributed by atoms with Gasteiger partial charge in [-0.2, -0.15) is 0 Å². The number of halogens is 2. The maximum absolute atomic E-state index is 11.6. The molecule has 88 valence electrons. The van der Waals surface area contributed by atoms with Crippen molar-refractivity contribution in [1.29, 1.82) is 0 Å². The van der Waals surface area contributed by atoms with Gasteiger partial charge in [0.05, 0.1) is 0 Å². The molecule has 1 aromatic heterocycles. The van der Waals surface area contributed by atoms with Gasteiger partial charge >= 0.3 is 0 Å². The minimum Gasteiger partial charge on any atom is -0.385 e. The highest BCUT2D eigenvalue weighted by molar-refractivity contribution is 6.36. The summed E-state index contributed by atoms with van der Waals surface area (Å²) >= 11 is 11.9. The molecule has 1 heterocycles. The minimum absolute atomic E-state index is 0.175. The molecule has 5 heteroatoms. The molecule has 3 nitrogen and oxygen atoms in total. The molecule has 0 saturated carbocycles. The maximum Gasteiger partial charge on any atom is 0.252 e. The van der Waals surface area contributed by atoms with E-state index in [0.29, 0.717) is 21.4 Å². The van der Waals surface area contributed by atoms with Gasteiger partial charge < -0.3 is 5.73 Å². The van der Waals surface area contributed by atoms with Gasteiger partial charge in [-0.05, 0) is 23.8 Å². The van der Waals surface area contributed by atoms with Crippen LogP contribution in [0.1, 0.15) is 0 Å². The molecule has 0 saturated heterocycles. The Balaban J connectivity index is 2.65. The van der Waals surface area contributed by atoms with Crippen LogP contribution in [0.25, 0.3) is 11.1 Å². The van der Waals surface area contributed by atoms with Crippen molar-refractivity contribution in [3.63, 3.8) is 0 Å². The predicted molar refractivity (Wildman–Crippen MR) is 71.6 cm³/mol. The number of rotatable bonds is 1. The molecule has 0 spiro atoms. The van der Waals surface area contributed by atoms with Crippen LogP contribution in [0.15, 0.2) is 35.1 Å². The molecule has 1 aromatic carbocycles. The van der Waals surface area contributed by atoms with Gasteiger partial charge in [-0.15, -0.1) is 0 Å². The zero-order chi connectivity index (χ0) is 12.6. The molecule has 0 atom stereocenters. The van der Waals surface area contributed by atoms with Crippen molar-refractivity contribution in [2.75, 3.05) is 5.73 Å². The summed E-state index contributed by atoms with van der Waals surface area (Å²) in [5.41, 5.74) is 6.98. The second-order valence-corrected chi connectivity index (χ2v) is 4.53. The van der Waals surface area contributed by atoms with Crippen molar-refractivity contribution >= 4 is 29.0 Å². The molecular formula is C12H10Cl2N2O. The molecule has 0 aliphatic heterocycles. The van der Waals surface area contributed by atoms with Crippen LogP contribution in [0.5, 0.6) is 0 Å². The lowest BCUT2D eigenvalue weighted by molar-refractivity contribution is 0.876. The van der Waals surface area contributed by atoms with Gasteiger partial charge in [0.2, 0.25) is 0 Å². The second-order valence-electron chi connectivity index (χ2n) is 3.69. The van der Waals surface area contributed by atoms with Crippen molar-refractivity contribution in [3.05, 3.63) is 50.7 Å². The number of nitrogens with zero attached hydrogens (tertiary/aromatic N) is 1. The van der Waals surface area contributed by atoms with Crippen molar-refractivity contribution in [2.45, 2.75) is 0 Å². The number of benzene rings is 1. The summed E-state index contributed by atoms with van der Waals surface area (Å²) in [5.74, 6) is 0.388. The van der Waals surface area contributed by atoms with E-state index >= 15 is 0 Å². The number of hydrogen-bond acceptors (Lipinski definition) is 2. The van der Waals surface area contributed by atoms with Crippen LogP contribution in [-0.4, -0.2) is 4.57 Å². The average Bonchev–Trinajstić information content (AvgIpc) is 2.25. The Labute approximate surface area is 108 Å². The van der Waals surface area contributed by atoms with E-state index in [0.717, 1.165) is 5.56 Å². The monoisotopic (exact) mass is 268 g/mol. The Bertz CT molecular complexity index is 635. The maximum atomic E-state index is 11.6. The molecule has 2 aromatic rings. The molecule has 0 fully saturated rings. The van der Waals surface area contributed by atoms with Gasteiger partial charge in [-0.1, -0.05) is 29.3 Å². The number of hydrogen-bond donors (Lipinski definition) is 1. The third kappa shape index (κ3) is 2.30. The van der Waals surface area contributed by atoms with Gasteiger partial charge in [0.1, 0.15) is 5.82 Å². The Morgan fingerprint density at radius 3 is 2.47 bits per heavy atom. The first-order valence-electron chi connectivity index (χ1n) is 4.91. The Morgan fingerprint density at radius 1 is 1.18 bits per heavy atom. The summed E-state index contributed by atoms with van der Waals surface area (Å²) in [7, 11) is 1.62. The van der Waals surface area contributed by atoms with Crippen molar-refractivity contribution < 1.29 is 0 Å². The SMILES string of the molecule is Cn1c(N)cc(-c2ccc(Cl)cc2Cl)cc1=O. The van der Waals surface area contributed by atoms with E-state index in [2.05, 4.69) is 0 Å². The van der Waals surface area contributed by atoms with E-state index in [1.54, 1.807) is 31.3 Å². The van der Waals surface area contributed by atoms with Crippen LogP contribution in [0, 0.1) is 0 Å². The summed E-state index contributed by atoms with van der Waals surface area (Å²) < 4.78 is 1.37. The number of nitrogens with two attached hydrogens (primary N) is 1. The summed E-state index contributed by atoms with van der Waals surface area (Å²) in [5, 5.41) is 1.04. The zero-order valence-electron chi connectivity index (χ0n) is 9.08. The lowest BCUT2D eigenvalue weighted by Gasteiger charge is -2.08. The summed E-state index contributed by atoms with van der Waals surface area (Å²) in [6.07, 6.45) is 0. The Morgan fingerprint density at radius 2 is 1.88 bits per heavy atom. The van der Waals surface area contributed by atoms with Crippen molar-refractivity contribution in [1.82, 2.24) is 4.57 Å². The van der Waals surface area contributed by atoms with E-state index in [-0.39, 0.29) is 5.56 Å². The van der Waals surface area contributed by atoms with Crippen molar-refractivity contribution in [2.24, 2.45) is 7.05 Å². The number of pyridine rings is 1. The minimum atomic E-state index is -0.175. The number of anilines is 1. The summed E-state index contributed by atoms with van der Waals surface area (Å²) in [6.45, 7) is 0. The first kappa shape index (κ1) is 12.0. The van der Waals surface area contributed by atoms with E-state index in [1.165, 1.54) is 10.6 Å². The van der Waals surface area contributed by atoms with Crippen LogP contribution in [0.3, 0.4) is 0 Å². The molecule has 0 aliphatic carbocycles. The van der Waals surface area contributed by atoms with E-state index in [1.807, 2.05) is 0 Å². The quantitative estimate of drug-likeness (QED) is 0.865. The first-order chi connectivity index (χ1) is 7.99. The standard InChI is InChI=1S/C12H10Cl2N2O/c1-16-11(15)4-7(5-12(16)17)9-3-2-8(13)6-10(9)14/h2-6H,15H2,1H3. The fourth-order valence-corrected chi connectivity index (χ4v) is 2.05. The molecule has 0 amide bonds. The van der Waals surface area contributed by atoms with E-state index in [9.17, 15) is 4.79 Å². The Kier molecular flexibility index (Phi) is 3.13. The lowest BCUT2D eigenvalue weighted by Crippen LogP contribution is -2.18. The average molecular weight is 269 g/mol. The van der Waals surface area contributed by atoms with Crippen LogP contribution in [0.2, 0.25) is 10.0 Å². The second kappa shape index (κ2) is 4.43. The van der Waals surface area contributed by atoms with Gasteiger partial charge in [0.25, 0.3) is 5.56 Å². The lowest BCUT2D eigenvalue weighted by atomic mass is 10.1. The fraction of sp³-hybridized carbons (Fsp3) is 0.0833. The predicted octanol–water partition coefficient (Wildman–Crippen LogP) is 2.94. The van der Waals surface area contributed by atoms with Crippen LogP contribution >= 0.6 is 23.2 Å².